The first-order chi connectivity index (χ1) is 11.4. The molecule has 8 heteroatoms. The molecular formula is C16H21FN2O4S. The standard InChI is InChI=1S/C16H21FN2O4S/c1-23-15-6-5-13(11-14(15)17)24(21,22)19-8-2-7-18(9-10-19)16(20)12-3-4-12/h5-6,11-12H,2-4,7-10H2,1H3. The van der Waals surface area contributed by atoms with Crippen LogP contribution < -0.4 is 4.74 Å². The molecule has 1 aliphatic carbocycles. The Morgan fingerprint density at radius 3 is 2.58 bits per heavy atom. The molecule has 6 nitrogen and oxygen atoms in total. The molecule has 0 unspecified atom stereocenters. The summed E-state index contributed by atoms with van der Waals surface area (Å²) in [6.07, 6.45) is 2.45. The molecule has 0 aromatic heterocycles. The predicted octanol–water partition coefficient (Wildman–Crippen LogP) is 1.47. The number of ether oxygens (including phenoxy) is 1. The first-order valence-corrected chi connectivity index (χ1v) is 9.50. The Morgan fingerprint density at radius 2 is 1.96 bits per heavy atom. The number of hydrogen-bond donors (Lipinski definition) is 0. The van der Waals surface area contributed by atoms with Gasteiger partial charge in [-0.3, -0.25) is 4.79 Å². The molecule has 3 rings (SSSR count). The van der Waals surface area contributed by atoms with Gasteiger partial charge in [-0.05, 0) is 37.5 Å². The van der Waals surface area contributed by atoms with Crippen molar-refractivity contribution in [3.8, 4) is 5.75 Å². The van der Waals surface area contributed by atoms with Crippen molar-refractivity contribution in [3.05, 3.63) is 24.0 Å². The molecule has 0 bridgehead atoms. The zero-order valence-corrected chi connectivity index (χ0v) is 14.4. The van der Waals surface area contributed by atoms with Crippen LogP contribution in [0.25, 0.3) is 0 Å². The molecule has 1 heterocycles. The second-order valence-corrected chi connectivity index (χ2v) is 8.09. The van der Waals surface area contributed by atoms with Crippen LogP contribution in [0.2, 0.25) is 0 Å². The molecule has 1 aromatic carbocycles. The van der Waals surface area contributed by atoms with Crippen LogP contribution in [0.1, 0.15) is 19.3 Å². The largest absolute Gasteiger partial charge is 0.494 e. The summed E-state index contributed by atoms with van der Waals surface area (Å²) in [5, 5.41) is 0. The number of sulfonamides is 1. The number of halogens is 1. The molecule has 0 radical (unpaired) electrons. The normalized spacial score (nSPS) is 19.8. The fourth-order valence-electron chi connectivity index (χ4n) is 2.90. The summed E-state index contributed by atoms with van der Waals surface area (Å²) in [4.78, 5) is 13.8. The molecule has 2 aliphatic rings. The van der Waals surface area contributed by atoms with E-state index in [4.69, 9.17) is 4.74 Å². The van der Waals surface area contributed by atoms with Crippen LogP contribution in [-0.4, -0.2) is 56.8 Å². The molecule has 2 fully saturated rings. The van der Waals surface area contributed by atoms with Crippen LogP contribution >= 0.6 is 0 Å². The minimum Gasteiger partial charge on any atom is -0.494 e. The topological polar surface area (TPSA) is 66.9 Å². The van der Waals surface area contributed by atoms with E-state index in [1.54, 1.807) is 4.90 Å². The minimum absolute atomic E-state index is 0.00558. The highest BCUT2D eigenvalue weighted by atomic mass is 32.2. The fourth-order valence-corrected chi connectivity index (χ4v) is 4.38. The van der Waals surface area contributed by atoms with Gasteiger partial charge in [-0.25, -0.2) is 12.8 Å². The lowest BCUT2D eigenvalue weighted by Gasteiger charge is -2.22. The third-order valence-electron chi connectivity index (χ3n) is 4.45. The molecule has 0 N–H and O–H groups in total. The lowest BCUT2D eigenvalue weighted by atomic mass is 10.3. The van der Waals surface area contributed by atoms with Gasteiger partial charge in [-0.15, -0.1) is 0 Å². The first-order valence-electron chi connectivity index (χ1n) is 8.06. The van der Waals surface area contributed by atoms with E-state index in [0.717, 1.165) is 18.9 Å². The third-order valence-corrected chi connectivity index (χ3v) is 6.35. The SMILES string of the molecule is COc1ccc(S(=O)(=O)N2CCCN(C(=O)C3CC3)CC2)cc1F. The van der Waals surface area contributed by atoms with E-state index in [2.05, 4.69) is 0 Å². The van der Waals surface area contributed by atoms with Gasteiger partial charge >= 0.3 is 0 Å². The van der Waals surface area contributed by atoms with Crippen LogP contribution in [0.15, 0.2) is 23.1 Å². The molecule has 132 valence electrons. The van der Waals surface area contributed by atoms with Gasteiger partial charge in [-0.1, -0.05) is 0 Å². The van der Waals surface area contributed by atoms with Gasteiger partial charge in [-0.2, -0.15) is 4.31 Å². The summed E-state index contributed by atoms with van der Waals surface area (Å²) in [5.41, 5.74) is 0. The number of benzene rings is 1. The Morgan fingerprint density at radius 1 is 1.21 bits per heavy atom. The van der Waals surface area contributed by atoms with E-state index in [9.17, 15) is 17.6 Å². The van der Waals surface area contributed by atoms with Gasteiger partial charge in [0.2, 0.25) is 15.9 Å². The van der Waals surface area contributed by atoms with Gasteiger partial charge in [0.1, 0.15) is 0 Å². The number of nitrogens with zero attached hydrogens (tertiary/aromatic N) is 2. The van der Waals surface area contributed by atoms with Crippen molar-refractivity contribution >= 4 is 15.9 Å². The highest BCUT2D eigenvalue weighted by Gasteiger charge is 2.35. The van der Waals surface area contributed by atoms with Crippen molar-refractivity contribution in [1.82, 2.24) is 9.21 Å². The molecule has 0 spiro atoms. The van der Waals surface area contributed by atoms with Gasteiger partial charge in [0.15, 0.2) is 11.6 Å². The molecule has 1 amide bonds. The van der Waals surface area contributed by atoms with Gasteiger partial charge in [0, 0.05) is 32.1 Å². The Labute approximate surface area is 141 Å². The van der Waals surface area contributed by atoms with Crippen molar-refractivity contribution in [3.63, 3.8) is 0 Å². The highest BCUT2D eigenvalue weighted by molar-refractivity contribution is 7.89. The molecule has 1 aliphatic heterocycles. The maximum atomic E-state index is 13.8. The van der Waals surface area contributed by atoms with E-state index in [1.165, 1.54) is 23.5 Å². The summed E-state index contributed by atoms with van der Waals surface area (Å²) in [6, 6.07) is 3.63. The Hall–Kier alpha value is -1.67. The second kappa shape index (κ2) is 6.68. The number of methoxy groups -OCH3 is 1. The maximum absolute atomic E-state index is 13.8. The molecular weight excluding hydrogens is 335 g/mol. The van der Waals surface area contributed by atoms with Gasteiger partial charge in [0.05, 0.1) is 12.0 Å². The smallest absolute Gasteiger partial charge is 0.243 e. The second-order valence-electron chi connectivity index (χ2n) is 6.15. The monoisotopic (exact) mass is 356 g/mol. The lowest BCUT2D eigenvalue weighted by Crippen LogP contribution is -2.38. The summed E-state index contributed by atoms with van der Waals surface area (Å²) in [7, 11) is -2.46. The van der Waals surface area contributed by atoms with Crippen LogP contribution in [0.5, 0.6) is 5.75 Å². The maximum Gasteiger partial charge on any atom is 0.243 e. The summed E-state index contributed by atoms with van der Waals surface area (Å²) in [5.74, 6) is -0.446. The lowest BCUT2D eigenvalue weighted by molar-refractivity contribution is -0.132. The van der Waals surface area contributed by atoms with E-state index >= 15 is 0 Å². The van der Waals surface area contributed by atoms with Gasteiger partial charge in [0.25, 0.3) is 0 Å². The molecule has 24 heavy (non-hydrogen) atoms. The zero-order valence-electron chi connectivity index (χ0n) is 13.6. The number of amides is 1. The first kappa shape index (κ1) is 17.2. The van der Waals surface area contributed by atoms with E-state index in [1.807, 2.05) is 0 Å². The van der Waals surface area contributed by atoms with Crippen LogP contribution in [0, 0.1) is 11.7 Å². The average molecular weight is 356 g/mol. The van der Waals surface area contributed by atoms with Crippen molar-refractivity contribution in [2.45, 2.75) is 24.2 Å². The van der Waals surface area contributed by atoms with Crippen molar-refractivity contribution < 1.29 is 22.3 Å². The van der Waals surface area contributed by atoms with Crippen LogP contribution in [-0.2, 0) is 14.8 Å². The number of carbonyl (C=O) groups excluding carboxylic acids is 1. The number of carbonyl (C=O) groups is 1. The van der Waals surface area contributed by atoms with Gasteiger partial charge < -0.3 is 9.64 Å². The predicted molar refractivity (Wildman–Crippen MR) is 85.6 cm³/mol. The summed E-state index contributed by atoms with van der Waals surface area (Å²) < 4.78 is 45.4. The summed E-state index contributed by atoms with van der Waals surface area (Å²) in [6.45, 7) is 1.50. The van der Waals surface area contributed by atoms with E-state index in [-0.39, 0.29) is 29.0 Å². The third kappa shape index (κ3) is 3.39. The quantitative estimate of drug-likeness (QED) is 0.819. The minimum atomic E-state index is -3.79. The molecule has 1 saturated carbocycles. The zero-order chi connectivity index (χ0) is 17.3. The van der Waals surface area contributed by atoms with Crippen LogP contribution in [0.4, 0.5) is 4.39 Å². The molecule has 1 saturated heterocycles. The molecule has 0 atom stereocenters. The Kier molecular flexibility index (Phi) is 4.78. The average Bonchev–Trinajstić information content (AvgIpc) is 3.40. The highest BCUT2D eigenvalue weighted by Crippen LogP contribution is 2.31. The Balaban J connectivity index is 1.74. The van der Waals surface area contributed by atoms with E-state index < -0.39 is 15.8 Å². The van der Waals surface area contributed by atoms with Crippen molar-refractivity contribution in [2.24, 2.45) is 5.92 Å². The fraction of sp³-hybridized carbons (Fsp3) is 0.562. The summed E-state index contributed by atoms with van der Waals surface area (Å²) >= 11 is 0. The Bertz CT molecular complexity index is 734. The van der Waals surface area contributed by atoms with E-state index in [0.29, 0.717) is 26.1 Å². The van der Waals surface area contributed by atoms with Crippen molar-refractivity contribution in [1.29, 1.82) is 0 Å². The van der Waals surface area contributed by atoms with Crippen LogP contribution in [0.3, 0.4) is 0 Å². The van der Waals surface area contributed by atoms with Crippen molar-refractivity contribution in [2.75, 3.05) is 33.3 Å². The molecule has 1 aromatic rings. The number of rotatable bonds is 4. The number of hydrogen-bond acceptors (Lipinski definition) is 4.